The minimum atomic E-state index is -0.217. The number of carbonyl (C=O) groups excluding carboxylic acids is 1. The Labute approximate surface area is 196 Å². The lowest BCUT2D eigenvalue weighted by Crippen LogP contribution is -2.44. The van der Waals surface area contributed by atoms with Crippen LogP contribution < -0.4 is 19.3 Å². The van der Waals surface area contributed by atoms with Crippen molar-refractivity contribution < 1.29 is 24.1 Å². The third-order valence-corrected chi connectivity index (χ3v) is 6.00. The van der Waals surface area contributed by atoms with E-state index >= 15 is 0 Å². The van der Waals surface area contributed by atoms with Gasteiger partial charge in [0.1, 0.15) is 5.82 Å². The molecule has 2 aliphatic heterocycles. The largest absolute Gasteiger partial charge is 0.491 e. The molecule has 5 heterocycles. The van der Waals surface area contributed by atoms with Crippen molar-refractivity contribution >= 4 is 17.4 Å². The number of pyridine rings is 3. The summed E-state index contributed by atoms with van der Waals surface area (Å²) in [5.74, 6) is 1.59. The van der Waals surface area contributed by atoms with Crippen molar-refractivity contribution in [1.29, 1.82) is 0 Å². The van der Waals surface area contributed by atoms with Gasteiger partial charge in [0.2, 0.25) is 0 Å². The molecule has 3 aromatic rings. The van der Waals surface area contributed by atoms with Gasteiger partial charge < -0.3 is 29.1 Å². The van der Waals surface area contributed by atoms with E-state index in [9.17, 15) is 9.90 Å². The molecule has 1 fully saturated rings. The molecule has 1 N–H and O–H groups in total. The highest BCUT2D eigenvalue weighted by Gasteiger charge is 2.31. The van der Waals surface area contributed by atoms with Crippen molar-refractivity contribution in [1.82, 2.24) is 15.0 Å². The number of amides is 1. The fraction of sp³-hybridized carbons (Fsp3) is 0.333. The molecule has 10 nitrogen and oxygen atoms in total. The molecule has 0 aliphatic carbocycles. The van der Waals surface area contributed by atoms with Crippen molar-refractivity contribution in [3.05, 3.63) is 54.0 Å². The van der Waals surface area contributed by atoms with Gasteiger partial charge in [0.05, 0.1) is 68.9 Å². The highest BCUT2D eigenvalue weighted by atomic mass is 16.5. The predicted octanol–water partition coefficient (Wildman–Crippen LogP) is 1.91. The van der Waals surface area contributed by atoms with Gasteiger partial charge in [-0.2, -0.15) is 0 Å². The van der Waals surface area contributed by atoms with Crippen LogP contribution in [0.4, 0.5) is 11.5 Å². The summed E-state index contributed by atoms with van der Waals surface area (Å²) in [6.07, 6.45) is 3.15. The number of hydrogen-bond donors (Lipinski definition) is 1. The average Bonchev–Trinajstić information content (AvgIpc) is 3.23. The number of ether oxygens (including phenoxy) is 3. The molecule has 1 unspecified atom stereocenters. The van der Waals surface area contributed by atoms with E-state index in [0.29, 0.717) is 60.5 Å². The smallest absolute Gasteiger partial charge is 0.260 e. The van der Waals surface area contributed by atoms with Gasteiger partial charge in [-0.05, 0) is 30.3 Å². The molecule has 5 rings (SSSR count). The number of methoxy groups -OCH3 is 2. The summed E-state index contributed by atoms with van der Waals surface area (Å²) in [5.41, 5.74) is 3.43. The zero-order valence-electron chi connectivity index (χ0n) is 19.0. The molecule has 1 amide bonds. The number of carbonyl (C=O) groups is 1. The quantitative estimate of drug-likeness (QED) is 0.586. The molecule has 10 heteroatoms. The third kappa shape index (κ3) is 4.02. The van der Waals surface area contributed by atoms with Crippen LogP contribution in [-0.2, 0) is 11.3 Å². The zero-order valence-corrected chi connectivity index (χ0v) is 19.0. The van der Waals surface area contributed by atoms with Gasteiger partial charge in [-0.15, -0.1) is 0 Å². The second-order valence-electron chi connectivity index (χ2n) is 8.01. The second kappa shape index (κ2) is 9.24. The van der Waals surface area contributed by atoms with Crippen LogP contribution in [0.1, 0.15) is 16.1 Å². The molecule has 0 spiro atoms. The highest BCUT2D eigenvalue weighted by Crippen LogP contribution is 2.32. The third-order valence-electron chi connectivity index (χ3n) is 6.00. The minimum Gasteiger partial charge on any atom is -0.491 e. The van der Waals surface area contributed by atoms with E-state index in [4.69, 9.17) is 19.2 Å². The van der Waals surface area contributed by atoms with Gasteiger partial charge in [0.25, 0.3) is 11.8 Å². The maximum absolute atomic E-state index is 13.1. The van der Waals surface area contributed by atoms with Gasteiger partial charge >= 0.3 is 0 Å². The summed E-state index contributed by atoms with van der Waals surface area (Å²) in [6, 6.07) is 9.18. The SMILES string of the molecule is COc1cc(-c2ccc3c(n2)CN(c2ccc(N4CCOC(CO)C4)nc2)C3=O)cnc1OC. The molecule has 0 saturated carbocycles. The number of nitrogens with zero attached hydrogens (tertiary/aromatic N) is 5. The molecule has 34 heavy (non-hydrogen) atoms. The highest BCUT2D eigenvalue weighted by molar-refractivity contribution is 6.09. The number of aromatic nitrogens is 3. The number of aliphatic hydroxyl groups excluding tert-OH is 1. The van der Waals surface area contributed by atoms with Gasteiger partial charge in [-0.3, -0.25) is 9.78 Å². The number of anilines is 2. The number of morpholine rings is 1. The first-order valence-electron chi connectivity index (χ1n) is 10.9. The lowest BCUT2D eigenvalue weighted by molar-refractivity contribution is 0.00336. The fourth-order valence-electron chi connectivity index (χ4n) is 4.19. The lowest BCUT2D eigenvalue weighted by Gasteiger charge is -2.33. The Balaban J connectivity index is 1.35. The molecule has 3 aromatic heterocycles. The van der Waals surface area contributed by atoms with Crippen LogP contribution in [0.3, 0.4) is 0 Å². The van der Waals surface area contributed by atoms with E-state index in [1.54, 1.807) is 36.5 Å². The van der Waals surface area contributed by atoms with Crippen LogP contribution >= 0.6 is 0 Å². The van der Waals surface area contributed by atoms with Crippen LogP contribution in [-0.4, -0.2) is 72.6 Å². The van der Waals surface area contributed by atoms with Crippen LogP contribution in [0.25, 0.3) is 11.3 Å². The van der Waals surface area contributed by atoms with Crippen molar-refractivity contribution in [3.63, 3.8) is 0 Å². The molecular weight excluding hydrogens is 438 g/mol. The molecule has 0 radical (unpaired) electrons. The van der Waals surface area contributed by atoms with Gasteiger partial charge in [-0.1, -0.05) is 0 Å². The van der Waals surface area contributed by atoms with Crippen molar-refractivity contribution in [2.24, 2.45) is 0 Å². The topological polar surface area (TPSA) is 110 Å². The minimum absolute atomic E-state index is 0.0243. The van der Waals surface area contributed by atoms with E-state index in [1.165, 1.54) is 7.11 Å². The predicted molar refractivity (Wildman–Crippen MR) is 124 cm³/mol. The van der Waals surface area contributed by atoms with Crippen LogP contribution in [0.15, 0.2) is 42.7 Å². The average molecular weight is 463 g/mol. The molecule has 1 saturated heterocycles. The zero-order chi connectivity index (χ0) is 23.7. The molecule has 1 atom stereocenters. The van der Waals surface area contributed by atoms with Crippen LogP contribution in [0.2, 0.25) is 0 Å². The van der Waals surface area contributed by atoms with E-state index < -0.39 is 0 Å². The Morgan fingerprint density at radius 1 is 1.15 bits per heavy atom. The Morgan fingerprint density at radius 2 is 2.03 bits per heavy atom. The molecule has 176 valence electrons. The Hall–Kier alpha value is -3.76. The number of hydrogen-bond acceptors (Lipinski definition) is 9. The fourth-order valence-corrected chi connectivity index (χ4v) is 4.19. The second-order valence-corrected chi connectivity index (χ2v) is 8.01. The monoisotopic (exact) mass is 463 g/mol. The van der Waals surface area contributed by atoms with E-state index in [0.717, 1.165) is 11.4 Å². The van der Waals surface area contributed by atoms with E-state index in [2.05, 4.69) is 14.9 Å². The maximum Gasteiger partial charge on any atom is 0.260 e. The first kappa shape index (κ1) is 22.1. The van der Waals surface area contributed by atoms with Crippen molar-refractivity contribution in [2.45, 2.75) is 12.6 Å². The van der Waals surface area contributed by atoms with Crippen molar-refractivity contribution in [3.8, 4) is 22.9 Å². The summed E-state index contributed by atoms with van der Waals surface area (Å²) in [7, 11) is 3.09. The van der Waals surface area contributed by atoms with Gasteiger partial charge in [0.15, 0.2) is 5.75 Å². The number of aliphatic hydroxyl groups is 1. The number of fused-ring (bicyclic) bond motifs is 1. The lowest BCUT2D eigenvalue weighted by atomic mass is 10.1. The first-order chi connectivity index (χ1) is 16.6. The van der Waals surface area contributed by atoms with Crippen LogP contribution in [0, 0.1) is 0 Å². The number of rotatable bonds is 6. The van der Waals surface area contributed by atoms with E-state index in [1.807, 2.05) is 18.2 Å². The van der Waals surface area contributed by atoms with Crippen molar-refractivity contribution in [2.75, 3.05) is 50.3 Å². The first-order valence-corrected chi connectivity index (χ1v) is 10.9. The Kier molecular flexibility index (Phi) is 5.99. The summed E-state index contributed by atoms with van der Waals surface area (Å²) in [4.78, 5) is 30.3. The summed E-state index contributed by atoms with van der Waals surface area (Å²) in [6.45, 7) is 2.15. The summed E-state index contributed by atoms with van der Waals surface area (Å²) in [5, 5.41) is 9.36. The van der Waals surface area contributed by atoms with Gasteiger partial charge in [-0.25, -0.2) is 9.97 Å². The molecular formula is C24H25N5O5. The Morgan fingerprint density at radius 3 is 2.76 bits per heavy atom. The molecule has 0 bridgehead atoms. The van der Waals surface area contributed by atoms with Crippen LogP contribution in [0.5, 0.6) is 11.6 Å². The van der Waals surface area contributed by atoms with Gasteiger partial charge in [0, 0.05) is 24.8 Å². The van der Waals surface area contributed by atoms with E-state index in [-0.39, 0.29) is 18.6 Å². The standard InChI is InChI=1S/C24H25N5O5/c1-32-21-9-15(10-26-23(21)33-2)19-5-4-18-20(27-19)13-29(24(18)31)16-3-6-22(25-11-16)28-7-8-34-17(12-28)14-30/h3-6,9-11,17,30H,7-8,12-14H2,1-2H3. The normalized spacial score (nSPS) is 17.6. The summed E-state index contributed by atoms with van der Waals surface area (Å²) < 4.78 is 16.0. The molecule has 2 aliphatic rings. The molecule has 0 aromatic carbocycles. The maximum atomic E-state index is 13.1. The summed E-state index contributed by atoms with van der Waals surface area (Å²) >= 11 is 0. The Bertz CT molecular complexity index is 1200.